The van der Waals surface area contributed by atoms with Crippen molar-refractivity contribution >= 4 is 5.91 Å². The van der Waals surface area contributed by atoms with Crippen LogP contribution in [-0.4, -0.2) is 31.4 Å². The Morgan fingerprint density at radius 1 is 1.29 bits per heavy atom. The van der Waals surface area contributed by atoms with Crippen LogP contribution in [0.2, 0.25) is 0 Å². The third-order valence-corrected chi connectivity index (χ3v) is 4.73. The van der Waals surface area contributed by atoms with E-state index in [1.54, 1.807) is 11.0 Å². The maximum Gasteiger partial charge on any atom is 0.223 e. The number of carbonyl (C=O) groups is 1. The van der Waals surface area contributed by atoms with Gasteiger partial charge in [0.1, 0.15) is 12.7 Å². The van der Waals surface area contributed by atoms with E-state index in [1.165, 1.54) is 6.33 Å². The number of nitrogens with zero attached hydrogens (tertiary/aromatic N) is 3. The largest absolute Gasteiger partial charge is 0.389 e. The lowest BCUT2D eigenvalue weighted by molar-refractivity contribution is -0.128. The summed E-state index contributed by atoms with van der Waals surface area (Å²) in [5.74, 6) is -0.0905. The van der Waals surface area contributed by atoms with Gasteiger partial charge in [0.05, 0.1) is 23.8 Å². The number of benzene rings is 1. The van der Waals surface area contributed by atoms with Crippen molar-refractivity contribution < 1.29 is 9.90 Å². The summed E-state index contributed by atoms with van der Waals surface area (Å²) in [4.78, 5) is 16.2. The Kier molecular flexibility index (Phi) is 4.94. The van der Waals surface area contributed by atoms with Crippen LogP contribution in [0.3, 0.4) is 0 Å². The van der Waals surface area contributed by atoms with Crippen molar-refractivity contribution in [3.05, 3.63) is 42.5 Å². The highest BCUT2D eigenvalue weighted by molar-refractivity contribution is 5.77. The zero-order chi connectivity index (χ0) is 17.0. The molecule has 2 N–H and O–H groups in total. The van der Waals surface area contributed by atoms with Crippen molar-refractivity contribution in [2.24, 2.45) is 0 Å². The average Bonchev–Trinajstić information content (AvgIpc) is 3.09. The van der Waals surface area contributed by atoms with Crippen LogP contribution in [0.4, 0.5) is 0 Å². The Labute approximate surface area is 141 Å². The van der Waals surface area contributed by atoms with Crippen LogP contribution < -0.4 is 5.32 Å². The molecule has 0 aliphatic heterocycles. The lowest BCUT2D eigenvalue weighted by Crippen LogP contribution is -2.39. The molecule has 2 aromatic rings. The summed E-state index contributed by atoms with van der Waals surface area (Å²) >= 11 is 0. The first-order valence-corrected chi connectivity index (χ1v) is 8.52. The monoisotopic (exact) mass is 328 g/mol. The highest BCUT2D eigenvalue weighted by Gasteiger charge is 2.31. The number of nitrogens with one attached hydrogen (secondary N) is 1. The Morgan fingerprint density at radius 3 is 2.62 bits per heavy atom. The number of aromatic nitrogens is 3. The van der Waals surface area contributed by atoms with Gasteiger partial charge in [0.15, 0.2) is 0 Å². The molecular weight excluding hydrogens is 304 g/mol. The maximum atomic E-state index is 12.3. The van der Waals surface area contributed by atoms with E-state index < -0.39 is 5.60 Å². The number of carbonyl (C=O) groups excluding carboxylic acids is 1. The van der Waals surface area contributed by atoms with Gasteiger partial charge in [-0.2, -0.15) is 5.10 Å². The van der Waals surface area contributed by atoms with E-state index in [2.05, 4.69) is 15.4 Å². The lowest BCUT2D eigenvalue weighted by Gasteiger charge is -2.31. The summed E-state index contributed by atoms with van der Waals surface area (Å²) < 4.78 is 1.69. The van der Waals surface area contributed by atoms with Gasteiger partial charge in [-0.15, -0.1) is 0 Å². The van der Waals surface area contributed by atoms with Crippen molar-refractivity contribution in [2.75, 3.05) is 0 Å². The average molecular weight is 328 g/mol. The predicted octanol–water partition coefficient (Wildman–Crippen LogP) is 2.53. The van der Waals surface area contributed by atoms with E-state index in [0.29, 0.717) is 0 Å². The molecule has 128 valence electrons. The number of hydrogen-bond donors (Lipinski definition) is 2. The number of amides is 1. The van der Waals surface area contributed by atoms with Gasteiger partial charge in [-0.1, -0.05) is 31.4 Å². The third kappa shape index (κ3) is 4.00. The smallest absolute Gasteiger partial charge is 0.223 e. The van der Waals surface area contributed by atoms with Crippen LogP contribution in [0.25, 0.3) is 5.69 Å². The SMILES string of the molecule is CC(NC(=O)CC1(O)CCCCC1)c1ccc(-n2cncn2)cc1. The number of rotatable bonds is 5. The van der Waals surface area contributed by atoms with Crippen molar-refractivity contribution in [3.8, 4) is 5.69 Å². The molecule has 0 spiro atoms. The fourth-order valence-electron chi connectivity index (χ4n) is 3.32. The molecular formula is C18H24N4O2. The fourth-order valence-corrected chi connectivity index (χ4v) is 3.32. The summed E-state index contributed by atoms with van der Waals surface area (Å²) in [6.45, 7) is 1.95. The van der Waals surface area contributed by atoms with Crippen LogP contribution >= 0.6 is 0 Å². The maximum absolute atomic E-state index is 12.3. The molecule has 0 radical (unpaired) electrons. The first kappa shape index (κ1) is 16.6. The van der Waals surface area contributed by atoms with Crippen LogP contribution in [0.5, 0.6) is 0 Å². The molecule has 1 aliphatic carbocycles. The second kappa shape index (κ2) is 7.13. The second-order valence-corrected chi connectivity index (χ2v) is 6.68. The van der Waals surface area contributed by atoms with Crippen LogP contribution in [0.1, 0.15) is 57.1 Å². The van der Waals surface area contributed by atoms with Crippen molar-refractivity contribution in [2.45, 2.75) is 57.1 Å². The summed E-state index contributed by atoms with van der Waals surface area (Å²) in [5.41, 5.74) is 1.12. The zero-order valence-corrected chi connectivity index (χ0v) is 14.0. The number of aliphatic hydroxyl groups is 1. The summed E-state index contributed by atoms with van der Waals surface area (Å²) in [5, 5.41) is 17.6. The van der Waals surface area contributed by atoms with E-state index in [9.17, 15) is 9.90 Å². The Morgan fingerprint density at radius 2 is 2.00 bits per heavy atom. The van der Waals surface area contributed by atoms with E-state index >= 15 is 0 Å². The minimum Gasteiger partial charge on any atom is -0.389 e. The molecule has 6 heteroatoms. The molecule has 1 aliphatic rings. The minimum absolute atomic E-state index is 0.0905. The topological polar surface area (TPSA) is 80.0 Å². The molecule has 1 aromatic heterocycles. The van der Waals surface area contributed by atoms with Crippen LogP contribution in [0, 0.1) is 0 Å². The molecule has 1 atom stereocenters. The zero-order valence-electron chi connectivity index (χ0n) is 14.0. The van der Waals surface area contributed by atoms with Gasteiger partial charge in [0, 0.05) is 0 Å². The van der Waals surface area contributed by atoms with E-state index in [0.717, 1.165) is 43.4 Å². The number of hydrogen-bond acceptors (Lipinski definition) is 4. The first-order valence-electron chi connectivity index (χ1n) is 8.52. The second-order valence-electron chi connectivity index (χ2n) is 6.68. The molecule has 24 heavy (non-hydrogen) atoms. The van der Waals surface area contributed by atoms with Crippen molar-refractivity contribution in [1.29, 1.82) is 0 Å². The molecule has 0 bridgehead atoms. The van der Waals surface area contributed by atoms with Crippen molar-refractivity contribution in [1.82, 2.24) is 20.1 Å². The molecule has 1 saturated carbocycles. The molecule has 1 unspecified atom stereocenters. The highest BCUT2D eigenvalue weighted by atomic mass is 16.3. The Bertz CT molecular complexity index is 661. The lowest BCUT2D eigenvalue weighted by atomic mass is 9.82. The molecule has 1 heterocycles. The summed E-state index contributed by atoms with van der Waals surface area (Å²) in [6, 6.07) is 7.73. The molecule has 1 amide bonds. The standard InChI is InChI=1S/C18H24N4O2/c1-14(21-17(23)11-18(24)9-3-2-4-10-18)15-5-7-16(8-6-15)22-13-19-12-20-22/h5-8,12-14,24H,2-4,9-11H2,1H3,(H,21,23). The highest BCUT2D eigenvalue weighted by Crippen LogP contribution is 2.31. The Balaban J connectivity index is 1.58. The normalized spacial score (nSPS) is 18.1. The molecule has 1 fully saturated rings. The molecule has 0 saturated heterocycles. The molecule has 1 aromatic carbocycles. The van der Waals surface area contributed by atoms with Gasteiger partial charge >= 0.3 is 0 Å². The molecule has 3 rings (SSSR count). The minimum atomic E-state index is -0.820. The third-order valence-electron chi connectivity index (χ3n) is 4.73. The summed E-state index contributed by atoms with van der Waals surface area (Å²) in [6.07, 6.45) is 7.93. The van der Waals surface area contributed by atoms with Crippen LogP contribution in [-0.2, 0) is 4.79 Å². The summed E-state index contributed by atoms with van der Waals surface area (Å²) in [7, 11) is 0. The van der Waals surface area contributed by atoms with Crippen LogP contribution in [0.15, 0.2) is 36.9 Å². The van der Waals surface area contributed by atoms with Gasteiger partial charge in [0.2, 0.25) is 5.91 Å². The van der Waals surface area contributed by atoms with Gasteiger partial charge < -0.3 is 10.4 Å². The quantitative estimate of drug-likeness (QED) is 0.884. The van der Waals surface area contributed by atoms with E-state index in [-0.39, 0.29) is 18.4 Å². The van der Waals surface area contributed by atoms with E-state index in [4.69, 9.17) is 0 Å². The van der Waals surface area contributed by atoms with Gasteiger partial charge in [-0.3, -0.25) is 4.79 Å². The van der Waals surface area contributed by atoms with Gasteiger partial charge in [-0.25, -0.2) is 9.67 Å². The van der Waals surface area contributed by atoms with E-state index in [1.807, 2.05) is 31.2 Å². The predicted molar refractivity (Wildman–Crippen MR) is 90.6 cm³/mol. The first-order chi connectivity index (χ1) is 11.6. The Hall–Kier alpha value is -2.21. The van der Waals surface area contributed by atoms with Crippen molar-refractivity contribution in [3.63, 3.8) is 0 Å². The fraction of sp³-hybridized carbons (Fsp3) is 0.500. The molecule has 6 nitrogen and oxygen atoms in total. The van der Waals surface area contributed by atoms with Gasteiger partial charge in [0.25, 0.3) is 0 Å². The van der Waals surface area contributed by atoms with Gasteiger partial charge in [-0.05, 0) is 37.5 Å².